The van der Waals surface area contributed by atoms with E-state index >= 15 is 0 Å². The number of carbonyl (C=O) groups is 2. The topological polar surface area (TPSA) is 40.6 Å². The van der Waals surface area contributed by atoms with Crippen molar-refractivity contribution in [3.63, 3.8) is 0 Å². The zero-order valence-electron chi connectivity index (χ0n) is 8.61. The molecule has 0 saturated carbocycles. The van der Waals surface area contributed by atoms with Gasteiger partial charge >= 0.3 is 0 Å². The Labute approximate surface area is 88.8 Å². The molecule has 2 aliphatic rings. The summed E-state index contributed by atoms with van der Waals surface area (Å²) in [6.45, 7) is 7.84. The van der Waals surface area contributed by atoms with Crippen molar-refractivity contribution in [3.05, 3.63) is 25.6 Å². The first-order chi connectivity index (χ1) is 7.15. The SMILES string of the molecule is C=CN1CCC2(CCC(=O)N2C=C)C1=O. The Bertz CT molecular complexity index is 350. The minimum atomic E-state index is -0.660. The van der Waals surface area contributed by atoms with Gasteiger partial charge in [0.15, 0.2) is 0 Å². The van der Waals surface area contributed by atoms with Crippen molar-refractivity contribution in [2.45, 2.75) is 24.8 Å². The lowest BCUT2D eigenvalue weighted by atomic mass is 9.94. The van der Waals surface area contributed by atoms with Crippen molar-refractivity contribution in [2.75, 3.05) is 6.54 Å². The van der Waals surface area contributed by atoms with E-state index in [1.54, 1.807) is 4.90 Å². The Morgan fingerprint density at radius 2 is 1.93 bits per heavy atom. The second-order valence-corrected chi connectivity index (χ2v) is 3.91. The Morgan fingerprint density at radius 1 is 1.20 bits per heavy atom. The van der Waals surface area contributed by atoms with E-state index in [2.05, 4.69) is 13.2 Å². The summed E-state index contributed by atoms with van der Waals surface area (Å²) in [6.07, 6.45) is 4.71. The van der Waals surface area contributed by atoms with E-state index in [4.69, 9.17) is 0 Å². The van der Waals surface area contributed by atoms with Crippen LogP contribution in [0, 0.1) is 0 Å². The van der Waals surface area contributed by atoms with Crippen LogP contribution >= 0.6 is 0 Å². The van der Waals surface area contributed by atoms with E-state index < -0.39 is 5.54 Å². The highest BCUT2D eigenvalue weighted by Gasteiger charge is 2.54. The molecule has 1 spiro atoms. The summed E-state index contributed by atoms with van der Waals surface area (Å²) >= 11 is 0. The molecule has 80 valence electrons. The molecule has 1 atom stereocenters. The van der Waals surface area contributed by atoms with Crippen molar-refractivity contribution >= 4 is 11.8 Å². The maximum absolute atomic E-state index is 12.1. The molecule has 1 unspecified atom stereocenters. The quantitative estimate of drug-likeness (QED) is 0.672. The zero-order valence-corrected chi connectivity index (χ0v) is 8.61. The fourth-order valence-electron chi connectivity index (χ4n) is 2.48. The van der Waals surface area contributed by atoms with Crippen LogP contribution in [0.1, 0.15) is 19.3 Å². The molecule has 4 heteroatoms. The van der Waals surface area contributed by atoms with Gasteiger partial charge in [-0.3, -0.25) is 9.59 Å². The van der Waals surface area contributed by atoms with Crippen LogP contribution in [0.25, 0.3) is 0 Å². The molecular weight excluding hydrogens is 192 g/mol. The third kappa shape index (κ3) is 1.14. The predicted octanol–water partition coefficient (Wildman–Crippen LogP) is 0.867. The highest BCUT2D eigenvalue weighted by Crippen LogP contribution is 2.39. The number of amides is 2. The van der Waals surface area contributed by atoms with Crippen LogP contribution in [0.15, 0.2) is 25.6 Å². The number of hydrogen-bond acceptors (Lipinski definition) is 2. The largest absolute Gasteiger partial charge is 0.318 e. The molecular formula is C11H14N2O2. The molecule has 4 nitrogen and oxygen atoms in total. The van der Waals surface area contributed by atoms with Crippen LogP contribution in [-0.2, 0) is 9.59 Å². The lowest BCUT2D eigenvalue weighted by molar-refractivity contribution is -0.139. The third-order valence-corrected chi connectivity index (χ3v) is 3.31. The Morgan fingerprint density at radius 3 is 2.47 bits per heavy atom. The highest BCUT2D eigenvalue weighted by molar-refractivity contribution is 5.97. The number of nitrogens with zero attached hydrogens (tertiary/aromatic N) is 2. The summed E-state index contributed by atoms with van der Waals surface area (Å²) in [6, 6.07) is 0. The van der Waals surface area contributed by atoms with E-state index in [-0.39, 0.29) is 11.8 Å². The fourth-order valence-corrected chi connectivity index (χ4v) is 2.48. The van der Waals surface area contributed by atoms with Gasteiger partial charge in [-0.05, 0) is 19.0 Å². The number of carbonyl (C=O) groups excluding carboxylic acids is 2. The third-order valence-electron chi connectivity index (χ3n) is 3.31. The van der Waals surface area contributed by atoms with E-state index in [1.165, 1.54) is 17.3 Å². The van der Waals surface area contributed by atoms with Crippen molar-refractivity contribution in [1.82, 2.24) is 9.80 Å². The zero-order chi connectivity index (χ0) is 11.1. The van der Waals surface area contributed by atoms with Gasteiger partial charge in [0.05, 0.1) is 0 Å². The monoisotopic (exact) mass is 206 g/mol. The maximum Gasteiger partial charge on any atom is 0.252 e. The lowest BCUT2D eigenvalue weighted by Crippen LogP contribution is -2.48. The van der Waals surface area contributed by atoms with Gasteiger partial charge in [-0.15, -0.1) is 0 Å². The normalized spacial score (nSPS) is 30.4. The summed E-state index contributed by atoms with van der Waals surface area (Å²) in [5.41, 5.74) is -0.660. The molecule has 2 amide bonds. The smallest absolute Gasteiger partial charge is 0.252 e. The molecule has 15 heavy (non-hydrogen) atoms. The van der Waals surface area contributed by atoms with Crippen molar-refractivity contribution in [3.8, 4) is 0 Å². The van der Waals surface area contributed by atoms with Gasteiger partial charge in [-0.25, -0.2) is 0 Å². The fraction of sp³-hybridized carbons (Fsp3) is 0.455. The molecule has 0 bridgehead atoms. The Hall–Kier alpha value is -1.58. The molecule has 0 aliphatic carbocycles. The molecule has 0 radical (unpaired) electrons. The maximum atomic E-state index is 12.1. The van der Waals surface area contributed by atoms with Crippen molar-refractivity contribution in [1.29, 1.82) is 0 Å². The first-order valence-corrected chi connectivity index (χ1v) is 5.04. The molecule has 0 aromatic carbocycles. The summed E-state index contributed by atoms with van der Waals surface area (Å²) in [5.74, 6) is -0.0347. The van der Waals surface area contributed by atoms with Gasteiger partial charge in [0.2, 0.25) is 5.91 Å². The minimum absolute atomic E-state index is 0.00994. The molecule has 0 aromatic heterocycles. The average molecular weight is 206 g/mol. The van der Waals surface area contributed by atoms with Crippen LogP contribution < -0.4 is 0 Å². The summed E-state index contributed by atoms with van der Waals surface area (Å²) in [7, 11) is 0. The van der Waals surface area contributed by atoms with E-state index in [0.717, 1.165) is 0 Å². The van der Waals surface area contributed by atoms with Crippen LogP contribution in [0.4, 0.5) is 0 Å². The van der Waals surface area contributed by atoms with Gasteiger partial charge in [-0.1, -0.05) is 13.2 Å². The van der Waals surface area contributed by atoms with Gasteiger partial charge in [0.1, 0.15) is 5.54 Å². The minimum Gasteiger partial charge on any atom is -0.318 e. The number of hydrogen-bond donors (Lipinski definition) is 0. The van der Waals surface area contributed by atoms with Crippen LogP contribution in [0.5, 0.6) is 0 Å². The molecule has 2 heterocycles. The van der Waals surface area contributed by atoms with Crippen LogP contribution in [0.3, 0.4) is 0 Å². The van der Waals surface area contributed by atoms with Gasteiger partial charge in [-0.2, -0.15) is 0 Å². The number of likely N-dealkylation sites (tertiary alicyclic amines) is 2. The average Bonchev–Trinajstić information content (AvgIpc) is 2.72. The molecule has 2 rings (SSSR count). The van der Waals surface area contributed by atoms with E-state index in [9.17, 15) is 9.59 Å². The molecule has 2 aliphatic heterocycles. The van der Waals surface area contributed by atoms with E-state index in [0.29, 0.717) is 25.8 Å². The lowest BCUT2D eigenvalue weighted by Gasteiger charge is -2.29. The molecule has 0 aromatic rings. The van der Waals surface area contributed by atoms with Crippen molar-refractivity contribution in [2.24, 2.45) is 0 Å². The van der Waals surface area contributed by atoms with Gasteiger partial charge < -0.3 is 9.80 Å². The molecule has 0 N–H and O–H groups in total. The standard InChI is InChI=1S/C11H14N2O2/c1-3-12-8-7-11(10(12)15)6-5-9(14)13(11)4-2/h3-4H,1-2,5-8H2. The van der Waals surface area contributed by atoms with Crippen LogP contribution in [-0.4, -0.2) is 33.7 Å². The molecule has 2 saturated heterocycles. The van der Waals surface area contributed by atoms with Crippen LogP contribution in [0.2, 0.25) is 0 Å². The Balaban J connectivity index is 2.35. The second-order valence-electron chi connectivity index (χ2n) is 3.91. The summed E-state index contributed by atoms with van der Waals surface area (Å²) in [4.78, 5) is 26.7. The number of rotatable bonds is 2. The van der Waals surface area contributed by atoms with Gasteiger partial charge in [0, 0.05) is 19.2 Å². The first kappa shape index (κ1) is 9.96. The molecule has 2 fully saturated rings. The predicted molar refractivity (Wildman–Crippen MR) is 55.5 cm³/mol. The highest BCUT2D eigenvalue weighted by atomic mass is 16.2. The second kappa shape index (κ2) is 3.22. The summed E-state index contributed by atoms with van der Waals surface area (Å²) < 4.78 is 0. The van der Waals surface area contributed by atoms with E-state index in [1.807, 2.05) is 0 Å². The first-order valence-electron chi connectivity index (χ1n) is 5.04. The Kier molecular flexibility index (Phi) is 2.14. The van der Waals surface area contributed by atoms with Gasteiger partial charge in [0.25, 0.3) is 5.91 Å². The van der Waals surface area contributed by atoms with Crippen molar-refractivity contribution < 1.29 is 9.59 Å². The summed E-state index contributed by atoms with van der Waals surface area (Å²) in [5, 5.41) is 0.